The van der Waals surface area contributed by atoms with Crippen LogP contribution in [0, 0.1) is 11.2 Å². The number of benzene rings is 1. The van der Waals surface area contributed by atoms with Crippen molar-refractivity contribution in [3.8, 4) is 11.3 Å². The standard InChI is InChI=1S/C29H37FN6O5/c1-15(2)36-26(33-27(39)40-28(3,4)5)23(25(31)38)24(34-36)18-9-8-16(10-19(18)30)11-21(37)32-22-12-20(35-41-22)17-13-29(6,7)14-17/h8-10,12,15,17H,11,13-14H2,1-7H3,(H2,31,38)(H,32,37)(H,33,39). The zero-order chi connectivity index (χ0) is 30.3. The average molecular weight is 569 g/mol. The van der Waals surface area contributed by atoms with Gasteiger partial charge in [0, 0.05) is 23.6 Å². The van der Waals surface area contributed by atoms with Gasteiger partial charge in [-0.05, 0) is 70.6 Å². The van der Waals surface area contributed by atoms with Crippen LogP contribution in [0.2, 0.25) is 0 Å². The molecule has 220 valence electrons. The maximum atomic E-state index is 15.4. The van der Waals surface area contributed by atoms with E-state index in [4.69, 9.17) is 15.0 Å². The molecule has 0 atom stereocenters. The first-order chi connectivity index (χ1) is 19.0. The third-order valence-electron chi connectivity index (χ3n) is 6.73. The number of halogens is 1. The molecule has 3 amide bonds. The Balaban J connectivity index is 1.53. The number of amides is 3. The number of primary amides is 1. The van der Waals surface area contributed by atoms with E-state index in [0.717, 1.165) is 18.5 Å². The number of anilines is 2. The van der Waals surface area contributed by atoms with Crippen molar-refractivity contribution in [2.24, 2.45) is 11.1 Å². The summed E-state index contributed by atoms with van der Waals surface area (Å²) in [5.41, 5.74) is 6.13. The molecular weight excluding hydrogens is 531 g/mol. The largest absolute Gasteiger partial charge is 0.444 e. The maximum absolute atomic E-state index is 15.4. The van der Waals surface area contributed by atoms with Crippen LogP contribution in [0.1, 0.15) is 94.9 Å². The quantitative estimate of drug-likeness (QED) is 0.311. The first-order valence-electron chi connectivity index (χ1n) is 13.5. The fraction of sp³-hybridized carbons (Fsp3) is 0.483. The van der Waals surface area contributed by atoms with Crippen LogP contribution in [0.25, 0.3) is 11.3 Å². The van der Waals surface area contributed by atoms with Crippen LogP contribution in [0.3, 0.4) is 0 Å². The molecule has 1 aromatic carbocycles. The van der Waals surface area contributed by atoms with Gasteiger partial charge in [-0.2, -0.15) is 5.10 Å². The highest BCUT2D eigenvalue weighted by Gasteiger charge is 2.38. The number of carbonyl (C=O) groups is 3. The predicted octanol–water partition coefficient (Wildman–Crippen LogP) is 5.79. The third kappa shape index (κ3) is 6.93. The molecule has 3 aromatic rings. The van der Waals surface area contributed by atoms with Gasteiger partial charge in [-0.25, -0.2) is 13.9 Å². The molecule has 1 aliphatic rings. The molecular formula is C29H37FN6O5. The highest BCUT2D eigenvalue weighted by molar-refractivity contribution is 6.06. The van der Waals surface area contributed by atoms with Gasteiger partial charge in [0.25, 0.3) is 5.91 Å². The minimum Gasteiger partial charge on any atom is -0.444 e. The summed E-state index contributed by atoms with van der Waals surface area (Å²) >= 11 is 0. The predicted molar refractivity (Wildman–Crippen MR) is 151 cm³/mol. The molecule has 0 spiro atoms. The molecule has 1 aliphatic carbocycles. The number of nitrogens with one attached hydrogen (secondary N) is 2. The second-order valence-electron chi connectivity index (χ2n) is 12.5. The number of nitrogens with two attached hydrogens (primary N) is 1. The molecule has 0 unspecified atom stereocenters. The third-order valence-corrected chi connectivity index (χ3v) is 6.73. The SMILES string of the molecule is CC(C)n1nc(-c2ccc(CC(=O)Nc3cc(C4CC(C)(C)C4)no3)cc2F)c(C(N)=O)c1NC(=O)OC(C)(C)C. The van der Waals surface area contributed by atoms with Crippen molar-refractivity contribution in [2.75, 3.05) is 10.6 Å². The molecule has 1 saturated carbocycles. The van der Waals surface area contributed by atoms with Crippen molar-refractivity contribution in [1.82, 2.24) is 14.9 Å². The molecule has 0 aliphatic heterocycles. The minimum atomic E-state index is -0.905. The molecule has 12 heteroatoms. The van der Waals surface area contributed by atoms with Crippen molar-refractivity contribution in [1.29, 1.82) is 0 Å². The molecule has 0 saturated heterocycles. The average Bonchev–Trinajstić information content (AvgIpc) is 3.41. The van der Waals surface area contributed by atoms with Crippen molar-refractivity contribution < 1.29 is 28.0 Å². The number of aromatic nitrogens is 3. The van der Waals surface area contributed by atoms with Crippen molar-refractivity contribution in [2.45, 2.75) is 85.3 Å². The summed E-state index contributed by atoms with van der Waals surface area (Å²) in [6.07, 6.45) is 1.07. The van der Waals surface area contributed by atoms with E-state index >= 15 is 4.39 Å². The van der Waals surface area contributed by atoms with E-state index in [-0.39, 0.29) is 46.4 Å². The Morgan fingerprint density at radius 1 is 1.20 bits per heavy atom. The van der Waals surface area contributed by atoms with Crippen LogP contribution in [-0.2, 0) is 16.0 Å². The summed E-state index contributed by atoms with van der Waals surface area (Å²) in [4.78, 5) is 37.6. The van der Waals surface area contributed by atoms with E-state index in [1.165, 1.54) is 16.8 Å². The smallest absolute Gasteiger partial charge is 0.413 e. The van der Waals surface area contributed by atoms with Gasteiger partial charge < -0.3 is 15.0 Å². The zero-order valence-corrected chi connectivity index (χ0v) is 24.4. The van der Waals surface area contributed by atoms with Crippen LogP contribution < -0.4 is 16.4 Å². The van der Waals surface area contributed by atoms with Crippen LogP contribution in [-0.4, -0.2) is 38.4 Å². The fourth-order valence-corrected chi connectivity index (χ4v) is 5.00. The maximum Gasteiger partial charge on any atom is 0.413 e. The Kier molecular flexibility index (Phi) is 7.97. The normalized spacial score (nSPS) is 15.0. The van der Waals surface area contributed by atoms with Gasteiger partial charge in [0.15, 0.2) is 0 Å². The first-order valence-corrected chi connectivity index (χ1v) is 13.5. The lowest BCUT2D eigenvalue weighted by molar-refractivity contribution is -0.115. The van der Waals surface area contributed by atoms with Crippen LogP contribution >= 0.6 is 0 Å². The summed E-state index contributed by atoms with van der Waals surface area (Å²) in [5, 5.41) is 13.7. The van der Waals surface area contributed by atoms with E-state index in [9.17, 15) is 14.4 Å². The number of rotatable bonds is 8. The molecule has 4 N–H and O–H groups in total. The van der Waals surface area contributed by atoms with Gasteiger partial charge >= 0.3 is 6.09 Å². The zero-order valence-electron chi connectivity index (χ0n) is 24.4. The van der Waals surface area contributed by atoms with E-state index < -0.39 is 29.3 Å². The molecule has 41 heavy (non-hydrogen) atoms. The van der Waals surface area contributed by atoms with E-state index in [2.05, 4.69) is 34.7 Å². The molecule has 1 fully saturated rings. The van der Waals surface area contributed by atoms with Crippen LogP contribution in [0.5, 0.6) is 0 Å². The topological polar surface area (TPSA) is 154 Å². The second-order valence-corrected chi connectivity index (χ2v) is 12.5. The summed E-state index contributed by atoms with van der Waals surface area (Å²) in [6.45, 7) is 13.0. The van der Waals surface area contributed by atoms with Gasteiger partial charge in [0.05, 0.1) is 12.1 Å². The Labute approximate surface area is 238 Å². The molecule has 4 rings (SSSR count). The second kappa shape index (κ2) is 11.0. The lowest BCUT2D eigenvalue weighted by Crippen LogP contribution is -2.29. The molecule has 0 bridgehead atoms. The Bertz CT molecular complexity index is 1480. The van der Waals surface area contributed by atoms with Gasteiger partial charge in [-0.15, -0.1) is 0 Å². The first kappa shape index (κ1) is 29.8. The Morgan fingerprint density at radius 3 is 2.44 bits per heavy atom. The Morgan fingerprint density at radius 2 is 1.88 bits per heavy atom. The van der Waals surface area contributed by atoms with Crippen molar-refractivity contribution in [3.63, 3.8) is 0 Å². The molecule has 2 heterocycles. The summed E-state index contributed by atoms with van der Waals surface area (Å²) < 4.78 is 27.4. The number of hydrogen-bond donors (Lipinski definition) is 3. The van der Waals surface area contributed by atoms with Gasteiger partial charge in [0.2, 0.25) is 11.8 Å². The summed E-state index contributed by atoms with van der Waals surface area (Å²) in [5.74, 6) is -1.48. The fourth-order valence-electron chi connectivity index (χ4n) is 5.00. The number of nitrogens with zero attached hydrogens (tertiary/aromatic N) is 3. The number of hydrogen-bond acceptors (Lipinski definition) is 7. The lowest BCUT2D eigenvalue weighted by Gasteiger charge is -2.41. The van der Waals surface area contributed by atoms with Gasteiger partial charge in [0.1, 0.15) is 28.5 Å². The molecule has 11 nitrogen and oxygen atoms in total. The van der Waals surface area contributed by atoms with E-state index in [1.54, 1.807) is 46.8 Å². The highest BCUT2D eigenvalue weighted by atomic mass is 19.1. The van der Waals surface area contributed by atoms with Crippen molar-refractivity contribution in [3.05, 3.63) is 46.9 Å². The molecule has 2 aromatic heterocycles. The lowest BCUT2D eigenvalue weighted by atomic mass is 9.63. The van der Waals surface area contributed by atoms with Gasteiger partial charge in [-0.3, -0.25) is 20.2 Å². The Hall–Kier alpha value is -4.22. The van der Waals surface area contributed by atoms with Crippen LogP contribution in [0.4, 0.5) is 20.9 Å². The number of carbonyl (C=O) groups excluding carboxylic acids is 3. The van der Waals surface area contributed by atoms with Crippen molar-refractivity contribution >= 4 is 29.6 Å². The summed E-state index contributed by atoms with van der Waals surface area (Å²) in [6, 6.07) is 5.57. The highest BCUT2D eigenvalue weighted by Crippen LogP contribution is 2.50. The van der Waals surface area contributed by atoms with Gasteiger partial charge in [-0.1, -0.05) is 25.1 Å². The van der Waals surface area contributed by atoms with Crippen LogP contribution in [0.15, 0.2) is 28.8 Å². The monoisotopic (exact) mass is 568 g/mol. The summed E-state index contributed by atoms with van der Waals surface area (Å²) in [7, 11) is 0. The molecule has 0 radical (unpaired) electrons. The number of ether oxygens (including phenoxy) is 1. The van der Waals surface area contributed by atoms with E-state index in [0.29, 0.717) is 11.5 Å². The van der Waals surface area contributed by atoms with E-state index in [1.807, 2.05) is 0 Å². The minimum absolute atomic E-state index is 0.00325.